The summed E-state index contributed by atoms with van der Waals surface area (Å²) < 4.78 is 5.47. The van der Waals surface area contributed by atoms with E-state index in [2.05, 4.69) is 10.9 Å². The molecule has 0 unspecified atom stereocenters. The molecule has 2 aromatic rings. The van der Waals surface area contributed by atoms with E-state index in [9.17, 15) is 14.4 Å². The number of para-hydroxylation sites is 1. The van der Waals surface area contributed by atoms with Crippen LogP contribution in [0.2, 0.25) is 0 Å². The van der Waals surface area contributed by atoms with E-state index in [0.29, 0.717) is 17.7 Å². The Bertz CT molecular complexity index is 890. The zero-order chi connectivity index (χ0) is 20.3. The number of carbonyl (C=O) groups is 3. The maximum Gasteiger partial charge on any atom is 0.415 e. The van der Waals surface area contributed by atoms with Gasteiger partial charge in [0.25, 0.3) is 11.8 Å². The fraction of sp³-hybridized carbons (Fsp3) is 0.286. The molecule has 7 nitrogen and oxygen atoms in total. The maximum atomic E-state index is 12.8. The molecule has 28 heavy (non-hydrogen) atoms. The average Bonchev–Trinajstić information content (AvgIpc) is 3.05. The SMILES string of the molecule is CC(C)(C)OC(=O)N1c2ccccc2C[C@H]1C(=O)NNC(=O)c1ccccc1. The molecule has 0 aliphatic carbocycles. The topological polar surface area (TPSA) is 87.7 Å². The van der Waals surface area contributed by atoms with Gasteiger partial charge in [-0.2, -0.15) is 0 Å². The third kappa shape index (κ3) is 4.31. The van der Waals surface area contributed by atoms with E-state index >= 15 is 0 Å². The first kappa shape index (κ1) is 19.4. The highest BCUT2D eigenvalue weighted by molar-refractivity contribution is 6.02. The van der Waals surface area contributed by atoms with Gasteiger partial charge in [0.1, 0.15) is 11.6 Å². The summed E-state index contributed by atoms with van der Waals surface area (Å²) in [6.07, 6.45) is -0.269. The summed E-state index contributed by atoms with van der Waals surface area (Å²) in [6, 6.07) is 15.0. The van der Waals surface area contributed by atoms with Crippen LogP contribution in [-0.2, 0) is 16.0 Å². The van der Waals surface area contributed by atoms with Crippen molar-refractivity contribution in [1.82, 2.24) is 10.9 Å². The third-order valence-corrected chi connectivity index (χ3v) is 4.20. The highest BCUT2D eigenvalue weighted by Crippen LogP contribution is 2.33. The number of hydrogen-bond acceptors (Lipinski definition) is 4. The number of benzene rings is 2. The molecule has 3 amide bonds. The number of rotatable bonds is 2. The molecule has 0 saturated heterocycles. The largest absolute Gasteiger partial charge is 0.443 e. The van der Waals surface area contributed by atoms with E-state index < -0.39 is 29.6 Å². The van der Waals surface area contributed by atoms with Crippen LogP contribution in [0.15, 0.2) is 54.6 Å². The minimum absolute atomic E-state index is 0.336. The molecular weight excluding hydrogens is 358 g/mol. The molecule has 1 aliphatic rings. The zero-order valence-corrected chi connectivity index (χ0v) is 16.1. The highest BCUT2D eigenvalue weighted by Gasteiger charge is 2.40. The molecule has 0 bridgehead atoms. The van der Waals surface area contributed by atoms with Gasteiger partial charge in [-0.25, -0.2) is 4.79 Å². The summed E-state index contributed by atoms with van der Waals surface area (Å²) in [7, 11) is 0. The van der Waals surface area contributed by atoms with Gasteiger partial charge in [-0.05, 0) is 44.5 Å². The minimum Gasteiger partial charge on any atom is -0.443 e. The van der Waals surface area contributed by atoms with Crippen LogP contribution in [0.1, 0.15) is 36.7 Å². The highest BCUT2D eigenvalue weighted by atomic mass is 16.6. The molecule has 146 valence electrons. The number of carbonyl (C=O) groups excluding carboxylic acids is 3. The second-order valence-electron chi connectivity index (χ2n) is 7.51. The molecule has 2 N–H and O–H groups in total. The third-order valence-electron chi connectivity index (χ3n) is 4.20. The summed E-state index contributed by atoms with van der Waals surface area (Å²) in [5.41, 5.74) is 6.03. The molecule has 1 aliphatic heterocycles. The fourth-order valence-corrected chi connectivity index (χ4v) is 3.00. The molecule has 0 saturated carbocycles. The summed E-state index contributed by atoms with van der Waals surface area (Å²) in [5.74, 6) is -0.931. The van der Waals surface area contributed by atoms with Crippen molar-refractivity contribution in [2.24, 2.45) is 0 Å². The Kier molecular flexibility index (Phi) is 5.35. The lowest BCUT2D eigenvalue weighted by atomic mass is 10.1. The fourth-order valence-electron chi connectivity index (χ4n) is 3.00. The Balaban J connectivity index is 1.74. The van der Waals surface area contributed by atoms with Crippen LogP contribution in [-0.4, -0.2) is 29.6 Å². The predicted molar refractivity (Wildman–Crippen MR) is 105 cm³/mol. The summed E-state index contributed by atoms with van der Waals surface area (Å²) >= 11 is 0. The molecule has 0 fully saturated rings. The molecule has 1 atom stereocenters. The standard InChI is InChI=1S/C21H23N3O4/c1-21(2,3)28-20(27)24-16-12-8-7-11-15(16)13-17(24)19(26)23-22-18(25)14-9-5-4-6-10-14/h4-12,17H,13H2,1-3H3,(H,22,25)(H,23,26)/t17-/m0/s1. The van der Waals surface area contributed by atoms with E-state index in [1.807, 2.05) is 12.1 Å². The number of ether oxygens (including phenoxy) is 1. The Morgan fingerprint density at radius 1 is 0.964 bits per heavy atom. The van der Waals surface area contributed by atoms with Gasteiger partial charge in [-0.15, -0.1) is 0 Å². The molecule has 3 rings (SSSR count). The number of hydrogen-bond donors (Lipinski definition) is 2. The van der Waals surface area contributed by atoms with Crippen LogP contribution >= 0.6 is 0 Å². The Morgan fingerprint density at radius 2 is 1.61 bits per heavy atom. The van der Waals surface area contributed by atoms with Gasteiger partial charge < -0.3 is 4.74 Å². The van der Waals surface area contributed by atoms with Crippen molar-refractivity contribution < 1.29 is 19.1 Å². The second kappa shape index (κ2) is 7.72. The number of nitrogens with one attached hydrogen (secondary N) is 2. The second-order valence-corrected chi connectivity index (χ2v) is 7.51. The van der Waals surface area contributed by atoms with Crippen LogP contribution in [0, 0.1) is 0 Å². The van der Waals surface area contributed by atoms with E-state index in [1.165, 1.54) is 4.90 Å². The molecular formula is C21H23N3O4. The first-order valence-corrected chi connectivity index (χ1v) is 9.01. The van der Waals surface area contributed by atoms with Crippen molar-refractivity contribution in [2.45, 2.75) is 38.8 Å². The predicted octanol–water partition coefficient (Wildman–Crippen LogP) is 2.81. The van der Waals surface area contributed by atoms with Gasteiger partial charge in [0.05, 0.1) is 5.69 Å². The summed E-state index contributed by atoms with van der Waals surface area (Å²) in [6.45, 7) is 5.30. The van der Waals surface area contributed by atoms with Crippen LogP contribution in [0.25, 0.3) is 0 Å². The van der Waals surface area contributed by atoms with Gasteiger partial charge >= 0.3 is 6.09 Å². The van der Waals surface area contributed by atoms with Gasteiger partial charge in [-0.1, -0.05) is 36.4 Å². The summed E-state index contributed by atoms with van der Waals surface area (Å²) in [5, 5.41) is 0. The first-order valence-electron chi connectivity index (χ1n) is 9.01. The molecule has 0 spiro atoms. The maximum absolute atomic E-state index is 12.8. The monoisotopic (exact) mass is 381 g/mol. The number of nitrogens with zero attached hydrogens (tertiary/aromatic N) is 1. The van der Waals surface area contributed by atoms with Crippen molar-refractivity contribution in [3.8, 4) is 0 Å². The normalized spacial score (nSPS) is 15.5. The average molecular weight is 381 g/mol. The van der Waals surface area contributed by atoms with Gasteiger partial charge in [0, 0.05) is 12.0 Å². The van der Waals surface area contributed by atoms with Gasteiger partial charge in [0.2, 0.25) is 0 Å². The number of amides is 3. The smallest absolute Gasteiger partial charge is 0.415 e. The number of hydrazine groups is 1. The Hall–Kier alpha value is -3.35. The van der Waals surface area contributed by atoms with Gasteiger partial charge in [-0.3, -0.25) is 25.3 Å². The van der Waals surface area contributed by atoms with Crippen molar-refractivity contribution in [1.29, 1.82) is 0 Å². The molecule has 2 aromatic carbocycles. The first-order chi connectivity index (χ1) is 13.3. The van der Waals surface area contributed by atoms with Crippen molar-refractivity contribution in [3.05, 3.63) is 65.7 Å². The molecule has 7 heteroatoms. The van der Waals surface area contributed by atoms with Crippen molar-refractivity contribution in [2.75, 3.05) is 4.90 Å². The van der Waals surface area contributed by atoms with Crippen LogP contribution in [0.5, 0.6) is 0 Å². The van der Waals surface area contributed by atoms with E-state index in [-0.39, 0.29) is 0 Å². The Labute approximate surface area is 163 Å². The quantitative estimate of drug-likeness (QED) is 0.783. The van der Waals surface area contributed by atoms with E-state index in [1.54, 1.807) is 63.2 Å². The van der Waals surface area contributed by atoms with Crippen molar-refractivity contribution in [3.63, 3.8) is 0 Å². The van der Waals surface area contributed by atoms with Crippen molar-refractivity contribution >= 4 is 23.6 Å². The lowest BCUT2D eigenvalue weighted by Gasteiger charge is -2.28. The van der Waals surface area contributed by atoms with Gasteiger partial charge in [0.15, 0.2) is 0 Å². The molecule has 0 aromatic heterocycles. The summed E-state index contributed by atoms with van der Waals surface area (Å²) in [4.78, 5) is 39.0. The van der Waals surface area contributed by atoms with Crippen LogP contribution in [0.3, 0.4) is 0 Å². The minimum atomic E-state index is -0.816. The van der Waals surface area contributed by atoms with Crippen LogP contribution in [0.4, 0.5) is 10.5 Å². The molecule has 1 heterocycles. The van der Waals surface area contributed by atoms with Crippen LogP contribution < -0.4 is 15.8 Å². The molecule has 0 radical (unpaired) electrons. The zero-order valence-electron chi connectivity index (χ0n) is 16.1. The number of anilines is 1. The van der Waals surface area contributed by atoms with E-state index in [4.69, 9.17) is 4.74 Å². The number of fused-ring (bicyclic) bond motifs is 1. The lowest BCUT2D eigenvalue weighted by Crippen LogP contribution is -2.53. The van der Waals surface area contributed by atoms with E-state index in [0.717, 1.165) is 5.56 Å². The lowest BCUT2D eigenvalue weighted by molar-refractivity contribution is -0.123. The Morgan fingerprint density at radius 3 is 2.29 bits per heavy atom.